The summed E-state index contributed by atoms with van der Waals surface area (Å²) in [7, 11) is 0. The van der Waals surface area contributed by atoms with E-state index < -0.39 is 0 Å². The molecule has 1 aromatic rings. The van der Waals surface area contributed by atoms with E-state index in [0.29, 0.717) is 6.04 Å². The van der Waals surface area contributed by atoms with Gasteiger partial charge in [0.1, 0.15) is 5.75 Å². The number of nitrogens with one attached hydrogen (secondary N) is 1. The van der Waals surface area contributed by atoms with Crippen LogP contribution in [0.15, 0.2) is 29.8 Å². The maximum absolute atomic E-state index is 5.55. The average molecular weight is 257 g/mol. The fourth-order valence-electron chi connectivity index (χ4n) is 3.01. The lowest BCUT2D eigenvalue weighted by Gasteiger charge is -2.15. The van der Waals surface area contributed by atoms with E-state index in [2.05, 4.69) is 36.5 Å². The van der Waals surface area contributed by atoms with Gasteiger partial charge in [0.15, 0.2) is 0 Å². The minimum Gasteiger partial charge on any atom is -0.493 e. The van der Waals surface area contributed by atoms with Crippen molar-refractivity contribution in [3.05, 3.63) is 41.0 Å². The third kappa shape index (κ3) is 3.01. The van der Waals surface area contributed by atoms with Crippen LogP contribution in [-0.4, -0.2) is 13.2 Å². The zero-order chi connectivity index (χ0) is 13.1. The van der Waals surface area contributed by atoms with Gasteiger partial charge in [-0.15, -0.1) is 0 Å². The molecule has 1 aliphatic heterocycles. The van der Waals surface area contributed by atoms with Crippen molar-refractivity contribution in [2.75, 3.05) is 13.2 Å². The lowest BCUT2D eigenvalue weighted by molar-refractivity contribution is 0.356. The summed E-state index contributed by atoms with van der Waals surface area (Å²) < 4.78 is 5.55. The smallest absolute Gasteiger partial charge is 0.122 e. The molecule has 1 aliphatic carbocycles. The van der Waals surface area contributed by atoms with Crippen molar-refractivity contribution in [3.63, 3.8) is 0 Å². The van der Waals surface area contributed by atoms with Crippen LogP contribution in [0, 0.1) is 0 Å². The van der Waals surface area contributed by atoms with Crippen molar-refractivity contribution in [1.29, 1.82) is 0 Å². The van der Waals surface area contributed by atoms with Crippen molar-refractivity contribution >= 4 is 0 Å². The molecule has 0 aromatic heterocycles. The Morgan fingerprint density at radius 3 is 3.11 bits per heavy atom. The second kappa shape index (κ2) is 5.79. The number of ether oxygens (including phenoxy) is 1. The quantitative estimate of drug-likeness (QED) is 0.811. The van der Waals surface area contributed by atoms with Crippen LogP contribution in [0.1, 0.15) is 49.8 Å². The monoisotopic (exact) mass is 257 g/mol. The first-order chi connectivity index (χ1) is 9.33. The Hall–Kier alpha value is -1.28. The van der Waals surface area contributed by atoms with Crippen molar-refractivity contribution in [1.82, 2.24) is 5.32 Å². The number of allylic oxidation sites excluding steroid dienone is 1. The van der Waals surface area contributed by atoms with E-state index in [1.165, 1.54) is 36.8 Å². The first kappa shape index (κ1) is 12.7. The standard InChI is InChI=1S/C17H23NO/c1-13(18-10-8-14-4-2-3-5-14)15-6-7-17-16(12-15)9-11-19-17/h4,6-7,12-13,18H,2-3,5,8-11H2,1H3. The van der Waals surface area contributed by atoms with Gasteiger partial charge in [-0.05, 0) is 56.3 Å². The number of benzene rings is 1. The van der Waals surface area contributed by atoms with E-state index in [1.807, 2.05) is 0 Å². The Kier molecular flexibility index (Phi) is 3.88. The minimum absolute atomic E-state index is 0.424. The van der Waals surface area contributed by atoms with Gasteiger partial charge in [0.05, 0.1) is 6.61 Å². The summed E-state index contributed by atoms with van der Waals surface area (Å²) in [6, 6.07) is 7.04. The molecule has 0 bridgehead atoms. The molecule has 0 amide bonds. The largest absolute Gasteiger partial charge is 0.493 e. The van der Waals surface area contributed by atoms with Gasteiger partial charge in [-0.2, -0.15) is 0 Å². The van der Waals surface area contributed by atoms with Gasteiger partial charge < -0.3 is 10.1 Å². The Morgan fingerprint density at radius 2 is 2.26 bits per heavy atom. The molecule has 19 heavy (non-hydrogen) atoms. The number of hydrogen-bond acceptors (Lipinski definition) is 2. The Labute approximate surface area is 115 Å². The van der Waals surface area contributed by atoms with Crippen LogP contribution < -0.4 is 10.1 Å². The molecule has 2 heteroatoms. The fourth-order valence-corrected chi connectivity index (χ4v) is 3.01. The molecule has 102 valence electrons. The van der Waals surface area contributed by atoms with Gasteiger partial charge in [-0.3, -0.25) is 0 Å². The van der Waals surface area contributed by atoms with E-state index in [-0.39, 0.29) is 0 Å². The topological polar surface area (TPSA) is 21.3 Å². The van der Waals surface area contributed by atoms with Gasteiger partial charge in [0.25, 0.3) is 0 Å². The van der Waals surface area contributed by atoms with Crippen LogP contribution >= 0.6 is 0 Å². The number of rotatable bonds is 5. The van der Waals surface area contributed by atoms with Crippen molar-refractivity contribution < 1.29 is 4.74 Å². The van der Waals surface area contributed by atoms with Crippen molar-refractivity contribution in [2.24, 2.45) is 0 Å². The zero-order valence-electron chi connectivity index (χ0n) is 11.7. The molecule has 0 radical (unpaired) electrons. The second-order valence-electron chi connectivity index (χ2n) is 5.65. The summed E-state index contributed by atoms with van der Waals surface area (Å²) in [5.41, 5.74) is 4.39. The Balaban J connectivity index is 1.53. The average Bonchev–Trinajstić information content (AvgIpc) is 3.08. The SMILES string of the molecule is CC(NCCC1=CCCC1)c1ccc2c(c1)CCO2. The number of hydrogen-bond donors (Lipinski definition) is 1. The van der Waals surface area contributed by atoms with Crippen LogP contribution in [0.5, 0.6) is 5.75 Å². The summed E-state index contributed by atoms with van der Waals surface area (Å²) in [6.45, 7) is 4.18. The van der Waals surface area contributed by atoms with Crippen LogP contribution in [0.25, 0.3) is 0 Å². The first-order valence-electron chi connectivity index (χ1n) is 7.50. The van der Waals surface area contributed by atoms with E-state index >= 15 is 0 Å². The fraction of sp³-hybridized carbons (Fsp3) is 0.529. The third-order valence-corrected chi connectivity index (χ3v) is 4.25. The summed E-state index contributed by atoms with van der Waals surface area (Å²) >= 11 is 0. The molecule has 0 saturated carbocycles. The maximum atomic E-state index is 5.55. The highest BCUT2D eigenvalue weighted by Crippen LogP contribution is 2.28. The molecular weight excluding hydrogens is 234 g/mol. The zero-order valence-corrected chi connectivity index (χ0v) is 11.7. The van der Waals surface area contributed by atoms with Gasteiger partial charge in [0, 0.05) is 12.5 Å². The predicted octanol–water partition coefficient (Wildman–Crippen LogP) is 3.77. The van der Waals surface area contributed by atoms with Crippen LogP contribution in [0.2, 0.25) is 0 Å². The third-order valence-electron chi connectivity index (χ3n) is 4.25. The van der Waals surface area contributed by atoms with E-state index in [9.17, 15) is 0 Å². The van der Waals surface area contributed by atoms with Crippen molar-refractivity contribution in [2.45, 2.75) is 45.1 Å². The number of fused-ring (bicyclic) bond motifs is 1. The molecule has 3 rings (SSSR count). The molecule has 1 unspecified atom stereocenters. The highest BCUT2D eigenvalue weighted by atomic mass is 16.5. The summed E-state index contributed by atoms with van der Waals surface area (Å²) in [5, 5.41) is 3.64. The van der Waals surface area contributed by atoms with E-state index in [1.54, 1.807) is 5.57 Å². The van der Waals surface area contributed by atoms with E-state index in [4.69, 9.17) is 4.74 Å². The van der Waals surface area contributed by atoms with Crippen molar-refractivity contribution in [3.8, 4) is 5.75 Å². The lowest BCUT2D eigenvalue weighted by atomic mass is 10.0. The normalized spacial score (nSPS) is 18.9. The van der Waals surface area contributed by atoms with Crippen LogP contribution in [0.3, 0.4) is 0 Å². The first-order valence-corrected chi connectivity index (χ1v) is 7.50. The molecule has 0 saturated heterocycles. The van der Waals surface area contributed by atoms with Crippen LogP contribution in [-0.2, 0) is 6.42 Å². The summed E-state index contributed by atoms with van der Waals surface area (Å²) in [5.74, 6) is 1.08. The Morgan fingerprint density at radius 1 is 1.32 bits per heavy atom. The van der Waals surface area contributed by atoms with Gasteiger partial charge in [0.2, 0.25) is 0 Å². The molecule has 1 aromatic carbocycles. The molecular formula is C17H23NO. The van der Waals surface area contributed by atoms with Gasteiger partial charge >= 0.3 is 0 Å². The maximum Gasteiger partial charge on any atom is 0.122 e. The molecule has 1 N–H and O–H groups in total. The predicted molar refractivity (Wildman–Crippen MR) is 78.6 cm³/mol. The molecule has 1 atom stereocenters. The molecule has 1 heterocycles. The van der Waals surface area contributed by atoms with Gasteiger partial charge in [-0.25, -0.2) is 0 Å². The minimum atomic E-state index is 0.424. The molecule has 0 fully saturated rings. The molecule has 2 nitrogen and oxygen atoms in total. The molecule has 0 spiro atoms. The lowest BCUT2D eigenvalue weighted by Crippen LogP contribution is -2.20. The molecule has 2 aliphatic rings. The summed E-state index contributed by atoms with van der Waals surface area (Å²) in [4.78, 5) is 0. The second-order valence-corrected chi connectivity index (χ2v) is 5.65. The van der Waals surface area contributed by atoms with Crippen LogP contribution in [0.4, 0.5) is 0 Å². The highest BCUT2D eigenvalue weighted by Gasteiger charge is 2.14. The van der Waals surface area contributed by atoms with Gasteiger partial charge in [-0.1, -0.05) is 23.8 Å². The Bertz CT molecular complexity index is 478. The summed E-state index contributed by atoms with van der Waals surface area (Å²) in [6.07, 6.45) is 8.64. The highest BCUT2D eigenvalue weighted by molar-refractivity contribution is 5.40. The van der Waals surface area contributed by atoms with E-state index in [0.717, 1.165) is 25.3 Å².